The molecular formula is C21H26N6O. The highest BCUT2D eigenvalue weighted by molar-refractivity contribution is 5.92. The van der Waals surface area contributed by atoms with Gasteiger partial charge in [0, 0.05) is 44.6 Å². The highest BCUT2D eigenvalue weighted by atomic mass is 16.2. The molecular weight excluding hydrogens is 352 g/mol. The molecule has 0 aromatic carbocycles. The summed E-state index contributed by atoms with van der Waals surface area (Å²) in [6.45, 7) is 3.53. The lowest BCUT2D eigenvalue weighted by Crippen LogP contribution is -2.46. The molecule has 0 radical (unpaired) electrons. The summed E-state index contributed by atoms with van der Waals surface area (Å²) in [6, 6.07) is 6.36. The van der Waals surface area contributed by atoms with Crippen LogP contribution in [0.25, 0.3) is 0 Å². The second-order valence-corrected chi connectivity index (χ2v) is 7.86. The fraction of sp³-hybridized carbons (Fsp3) is 0.524. The minimum atomic E-state index is -0.0319. The number of carbonyl (C=O) groups is 1. The van der Waals surface area contributed by atoms with Gasteiger partial charge in [-0.05, 0) is 56.7 Å². The van der Waals surface area contributed by atoms with Crippen molar-refractivity contribution in [2.75, 3.05) is 25.0 Å². The molecule has 7 heteroatoms. The van der Waals surface area contributed by atoms with Crippen molar-refractivity contribution < 1.29 is 4.79 Å². The average molecular weight is 378 g/mol. The van der Waals surface area contributed by atoms with Gasteiger partial charge in [0.1, 0.15) is 11.9 Å². The Labute approximate surface area is 165 Å². The predicted octanol–water partition coefficient (Wildman–Crippen LogP) is 2.22. The Morgan fingerprint density at radius 2 is 2.04 bits per heavy atom. The van der Waals surface area contributed by atoms with Gasteiger partial charge in [-0.3, -0.25) is 9.48 Å². The molecule has 28 heavy (non-hydrogen) atoms. The first-order valence-corrected chi connectivity index (χ1v) is 9.93. The Morgan fingerprint density at radius 1 is 1.29 bits per heavy atom. The number of nitriles is 1. The zero-order chi connectivity index (χ0) is 19.8. The van der Waals surface area contributed by atoms with E-state index in [1.165, 1.54) is 5.56 Å². The number of rotatable bonds is 3. The van der Waals surface area contributed by atoms with Crippen LogP contribution in [0.4, 0.5) is 5.82 Å². The number of amides is 1. The first-order valence-electron chi connectivity index (χ1n) is 9.93. The van der Waals surface area contributed by atoms with Gasteiger partial charge < -0.3 is 9.80 Å². The SMILES string of the molecule is Cc1cc(C(=O)N(C)C2CCN(c3nc4c(cc3C#N)CCC4)CC2)nn1C. The lowest BCUT2D eigenvalue weighted by molar-refractivity contribution is 0.0702. The smallest absolute Gasteiger partial charge is 0.274 e. The number of pyridine rings is 1. The molecule has 1 aliphatic heterocycles. The van der Waals surface area contributed by atoms with Crippen LogP contribution in [-0.2, 0) is 19.9 Å². The van der Waals surface area contributed by atoms with Crippen molar-refractivity contribution in [2.24, 2.45) is 7.05 Å². The maximum Gasteiger partial charge on any atom is 0.274 e. The maximum atomic E-state index is 12.8. The van der Waals surface area contributed by atoms with Gasteiger partial charge in [-0.15, -0.1) is 0 Å². The Morgan fingerprint density at radius 3 is 2.68 bits per heavy atom. The normalized spacial score (nSPS) is 16.7. The van der Waals surface area contributed by atoms with Crippen LogP contribution in [0.1, 0.15) is 52.3 Å². The lowest BCUT2D eigenvalue weighted by Gasteiger charge is -2.37. The first-order chi connectivity index (χ1) is 13.5. The van der Waals surface area contributed by atoms with E-state index in [-0.39, 0.29) is 11.9 Å². The molecule has 0 unspecified atom stereocenters. The van der Waals surface area contributed by atoms with Crippen LogP contribution in [0, 0.1) is 18.3 Å². The Hall–Kier alpha value is -2.88. The number of anilines is 1. The molecule has 1 amide bonds. The van der Waals surface area contributed by atoms with E-state index in [1.807, 2.05) is 38.1 Å². The average Bonchev–Trinajstić information content (AvgIpc) is 3.31. The van der Waals surface area contributed by atoms with Gasteiger partial charge in [0.25, 0.3) is 5.91 Å². The molecule has 2 aromatic rings. The molecule has 0 bridgehead atoms. The van der Waals surface area contributed by atoms with Crippen LogP contribution in [0.5, 0.6) is 0 Å². The molecule has 2 aliphatic rings. The van der Waals surface area contributed by atoms with E-state index >= 15 is 0 Å². The van der Waals surface area contributed by atoms with Gasteiger partial charge in [-0.1, -0.05) is 0 Å². The fourth-order valence-electron chi connectivity index (χ4n) is 4.26. The largest absolute Gasteiger partial charge is 0.355 e. The molecule has 2 aromatic heterocycles. The maximum absolute atomic E-state index is 12.8. The second kappa shape index (κ2) is 7.27. The molecule has 7 nitrogen and oxygen atoms in total. The number of hydrogen-bond acceptors (Lipinski definition) is 5. The highest BCUT2D eigenvalue weighted by Gasteiger charge is 2.29. The van der Waals surface area contributed by atoms with Crippen LogP contribution in [0.2, 0.25) is 0 Å². The van der Waals surface area contributed by atoms with Crippen molar-refractivity contribution in [2.45, 2.75) is 45.1 Å². The lowest BCUT2D eigenvalue weighted by atomic mass is 10.0. The summed E-state index contributed by atoms with van der Waals surface area (Å²) >= 11 is 0. The number of piperidine rings is 1. The van der Waals surface area contributed by atoms with Crippen molar-refractivity contribution in [1.29, 1.82) is 5.26 Å². The topological polar surface area (TPSA) is 78.1 Å². The van der Waals surface area contributed by atoms with E-state index in [1.54, 1.807) is 4.68 Å². The number of fused-ring (bicyclic) bond motifs is 1. The third kappa shape index (κ3) is 3.24. The molecule has 0 atom stereocenters. The zero-order valence-electron chi connectivity index (χ0n) is 16.8. The van der Waals surface area contributed by atoms with Crippen LogP contribution in [-0.4, -0.2) is 51.8 Å². The summed E-state index contributed by atoms with van der Waals surface area (Å²) in [5.74, 6) is 0.784. The molecule has 4 rings (SSSR count). The molecule has 146 valence electrons. The molecule has 0 spiro atoms. The summed E-state index contributed by atoms with van der Waals surface area (Å²) in [5.41, 5.74) is 4.52. The van der Waals surface area contributed by atoms with E-state index in [0.29, 0.717) is 11.3 Å². The number of hydrogen-bond donors (Lipinski definition) is 0. The summed E-state index contributed by atoms with van der Waals surface area (Å²) in [4.78, 5) is 21.6. The summed E-state index contributed by atoms with van der Waals surface area (Å²) in [5, 5.41) is 13.9. The molecule has 0 saturated carbocycles. The fourth-order valence-corrected chi connectivity index (χ4v) is 4.26. The summed E-state index contributed by atoms with van der Waals surface area (Å²) in [6.07, 6.45) is 4.87. The van der Waals surface area contributed by atoms with Crippen molar-refractivity contribution in [3.63, 3.8) is 0 Å². The van der Waals surface area contributed by atoms with Crippen molar-refractivity contribution >= 4 is 11.7 Å². The highest BCUT2D eigenvalue weighted by Crippen LogP contribution is 2.29. The van der Waals surface area contributed by atoms with E-state index in [4.69, 9.17) is 4.98 Å². The standard InChI is InChI=1S/C21H26N6O/c1-14-11-19(24-26(14)3)21(28)25(2)17-7-9-27(10-8-17)20-16(13-22)12-15-5-4-6-18(15)23-20/h11-12,17H,4-10H2,1-3H3. The van der Waals surface area contributed by atoms with Crippen LogP contribution < -0.4 is 4.90 Å². The quantitative estimate of drug-likeness (QED) is 0.818. The van der Waals surface area contributed by atoms with E-state index in [2.05, 4.69) is 16.1 Å². The monoisotopic (exact) mass is 378 g/mol. The zero-order valence-corrected chi connectivity index (χ0v) is 16.8. The van der Waals surface area contributed by atoms with Crippen LogP contribution in [0.15, 0.2) is 12.1 Å². The van der Waals surface area contributed by atoms with Crippen molar-refractivity contribution in [1.82, 2.24) is 19.7 Å². The van der Waals surface area contributed by atoms with E-state index in [0.717, 1.165) is 62.4 Å². The van der Waals surface area contributed by atoms with Gasteiger partial charge in [0.2, 0.25) is 0 Å². The Kier molecular flexibility index (Phi) is 4.80. The van der Waals surface area contributed by atoms with Gasteiger partial charge in [0.15, 0.2) is 5.69 Å². The number of carbonyl (C=O) groups excluding carboxylic acids is 1. The van der Waals surface area contributed by atoms with Gasteiger partial charge in [-0.25, -0.2) is 4.98 Å². The minimum absolute atomic E-state index is 0.0319. The van der Waals surface area contributed by atoms with Gasteiger partial charge in [-0.2, -0.15) is 10.4 Å². The van der Waals surface area contributed by atoms with E-state index < -0.39 is 0 Å². The predicted molar refractivity (Wildman–Crippen MR) is 106 cm³/mol. The molecule has 3 heterocycles. The molecule has 1 aliphatic carbocycles. The summed E-state index contributed by atoms with van der Waals surface area (Å²) < 4.78 is 1.73. The van der Waals surface area contributed by atoms with Gasteiger partial charge >= 0.3 is 0 Å². The first kappa shape index (κ1) is 18.5. The third-order valence-electron chi connectivity index (χ3n) is 6.12. The number of nitrogens with zero attached hydrogens (tertiary/aromatic N) is 6. The third-order valence-corrected chi connectivity index (χ3v) is 6.12. The van der Waals surface area contributed by atoms with Crippen LogP contribution in [0.3, 0.4) is 0 Å². The van der Waals surface area contributed by atoms with Crippen LogP contribution >= 0.6 is 0 Å². The second-order valence-electron chi connectivity index (χ2n) is 7.86. The van der Waals surface area contributed by atoms with Crippen molar-refractivity contribution in [3.05, 3.63) is 40.3 Å². The van der Waals surface area contributed by atoms with E-state index in [9.17, 15) is 10.1 Å². The number of aromatic nitrogens is 3. The Bertz CT molecular complexity index is 929. The molecule has 1 fully saturated rings. The summed E-state index contributed by atoms with van der Waals surface area (Å²) in [7, 11) is 3.71. The molecule has 0 N–H and O–H groups in total. The Balaban J connectivity index is 1.45. The minimum Gasteiger partial charge on any atom is -0.355 e. The molecule has 1 saturated heterocycles. The van der Waals surface area contributed by atoms with Gasteiger partial charge in [0.05, 0.1) is 5.56 Å². The number of aryl methyl sites for hydroxylation is 4. The van der Waals surface area contributed by atoms with Crippen molar-refractivity contribution in [3.8, 4) is 6.07 Å².